The fraction of sp³-hybridized carbons (Fsp3) is 0.667. The Labute approximate surface area is 127 Å². The smallest absolute Gasteiger partial charge is 0.126 e. The average Bonchev–Trinajstić information content (AvgIpc) is 2.49. The van der Waals surface area contributed by atoms with Gasteiger partial charge in [0.2, 0.25) is 0 Å². The summed E-state index contributed by atoms with van der Waals surface area (Å²) < 4.78 is 27.6. The van der Waals surface area contributed by atoms with Crippen molar-refractivity contribution in [1.29, 1.82) is 0 Å². The van der Waals surface area contributed by atoms with Crippen LogP contribution in [0.1, 0.15) is 56.1 Å². The first kappa shape index (κ1) is 16.4. The number of rotatable bonds is 6. The predicted molar refractivity (Wildman–Crippen MR) is 83.5 cm³/mol. The van der Waals surface area contributed by atoms with Crippen LogP contribution in [0.25, 0.3) is 0 Å². The van der Waals surface area contributed by atoms with Gasteiger partial charge in [-0.15, -0.1) is 0 Å². The molecule has 3 heteroatoms. The Morgan fingerprint density at radius 1 is 1.05 bits per heavy atom. The summed E-state index contributed by atoms with van der Waals surface area (Å²) in [6.07, 6.45) is 9.06. The molecule has 0 atom stereocenters. The molecule has 0 bridgehead atoms. The Kier molecular flexibility index (Phi) is 5.74. The highest BCUT2D eigenvalue weighted by Gasteiger charge is 2.31. The Balaban J connectivity index is 2.06. The molecule has 1 N–H and O–H groups in total. The molecule has 0 unspecified atom stereocenters. The molecule has 0 amide bonds. The monoisotopic (exact) mass is 295 g/mol. The van der Waals surface area contributed by atoms with Crippen LogP contribution in [0, 0.1) is 24.0 Å². The molecule has 118 valence electrons. The van der Waals surface area contributed by atoms with Gasteiger partial charge >= 0.3 is 0 Å². The molecule has 2 rings (SSSR count). The first-order valence-corrected chi connectivity index (χ1v) is 8.15. The number of benzene rings is 1. The highest BCUT2D eigenvalue weighted by molar-refractivity contribution is 5.25. The van der Waals surface area contributed by atoms with Crippen LogP contribution in [0.15, 0.2) is 12.1 Å². The van der Waals surface area contributed by atoms with Crippen molar-refractivity contribution in [1.82, 2.24) is 5.32 Å². The lowest BCUT2D eigenvalue weighted by Gasteiger charge is -2.38. The van der Waals surface area contributed by atoms with E-state index >= 15 is 0 Å². The second-order valence-electron chi connectivity index (χ2n) is 6.61. The lowest BCUT2D eigenvalue weighted by atomic mass is 9.68. The van der Waals surface area contributed by atoms with Gasteiger partial charge in [-0.2, -0.15) is 0 Å². The summed E-state index contributed by atoms with van der Waals surface area (Å²) in [4.78, 5) is 0. The van der Waals surface area contributed by atoms with Crippen LogP contribution in [-0.2, 0) is 6.42 Å². The number of aryl methyl sites for hydroxylation is 2. The van der Waals surface area contributed by atoms with Gasteiger partial charge in [-0.1, -0.05) is 19.3 Å². The van der Waals surface area contributed by atoms with Crippen molar-refractivity contribution < 1.29 is 8.78 Å². The fourth-order valence-corrected chi connectivity index (χ4v) is 3.60. The Bertz CT molecular complexity index is 465. The van der Waals surface area contributed by atoms with Crippen LogP contribution < -0.4 is 5.32 Å². The van der Waals surface area contributed by atoms with E-state index in [1.54, 1.807) is 6.92 Å². The molecule has 0 saturated heterocycles. The maximum atomic E-state index is 14.0. The summed E-state index contributed by atoms with van der Waals surface area (Å²) in [6.45, 7) is 2.61. The Morgan fingerprint density at radius 2 is 1.76 bits per heavy atom. The quantitative estimate of drug-likeness (QED) is 0.797. The molecule has 0 heterocycles. The largest absolute Gasteiger partial charge is 0.320 e. The Hall–Kier alpha value is -0.960. The van der Waals surface area contributed by atoms with Gasteiger partial charge in [0, 0.05) is 0 Å². The summed E-state index contributed by atoms with van der Waals surface area (Å²) in [6, 6.07) is 2.71. The third-order valence-electron chi connectivity index (χ3n) is 5.07. The summed E-state index contributed by atoms with van der Waals surface area (Å²) in [5.74, 6) is -0.548. The van der Waals surface area contributed by atoms with E-state index in [0.717, 1.165) is 19.4 Å². The molecule has 1 aromatic rings. The molecule has 1 nitrogen and oxygen atoms in total. The van der Waals surface area contributed by atoms with E-state index in [0.29, 0.717) is 23.0 Å². The Morgan fingerprint density at radius 3 is 2.43 bits per heavy atom. The molecule has 0 aromatic heterocycles. The lowest BCUT2D eigenvalue weighted by molar-refractivity contribution is 0.157. The van der Waals surface area contributed by atoms with E-state index in [-0.39, 0.29) is 11.6 Å². The third-order valence-corrected chi connectivity index (χ3v) is 5.07. The van der Waals surface area contributed by atoms with Crippen molar-refractivity contribution in [2.24, 2.45) is 5.41 Å². The first-order valence-electron chi connectivity index (χ1n) is 8.15. The molecule has 1 aliphatic rings. The van der Waals surface area contributed by atoms with Crippen LogP contribution in [0.5, 0.6) is 0 Å². The lowest BCUT2D eigenvalue weighted by Crippen LogP contribution is -2.29. The second-order valence-corrected chi connectivity index (χ2v) is 6.61. The van der Waals surface area contributed by atoms with Crippen molar-refractivity contribution in [2.45, 2.75) is 58.3 Å². The van der Waals surface area contributed by atoms with Crippen molar-refractivity contribution in [3.63, 3.8) is 0 Å². The SMILES string of the molecule is CNCCC1(CCc2cc(F)c(C)cc2F)CCCCC1. The van der Waals surface area contributed by atoms with Crippen LogP contribution in [0.4, 0.5) is 8.78 Å². The van der Waals surface area contributed by atoms with Crippen LogP contribution in [-0.4, -0.2) is 13.6 Å². The molecule has 21 heavy (non-hydrogen) atoms. The molecular weight excluding hydrogens is 268 g/mol. The molecular formula is C18H27F2N. The molecule has 1 aliphatic carbocycles. The van der Waals surface area contributed by atoms with Crippen LogP contribution in [0.2, 0.25) is 0 Å². The number of hydrogen-bond donors (Lipinski definition) is 1. The molecule has 0 radical (unpaired) electrons. The summed E-state index contributed by atoms with van der Waals surface area (Å²) in [7, 11) is 1.98. The van der Waals surface area contributed by atoms with Gasteiger partial charge in [-0.25, -0.2) is 8.78 Å². The summed E-state index contributed by atoms with van der Waals surface area (Å²) in [5.41, 5.74) is 1.24. The van der Waals surface area contributed by atoms with E-state index in [2.05, 4.69) is 5.32 Å². The third kappa shape index (κ3) is 4.26. The number of nitrogens with one attached hydrogen (secondary N) is 1. The average molecular weight is 295 g/mol. The highest BCUT2D eigenvalue weighted by Crippen LogP contribution is 2.43. The van der Waals surface area contributed by atoms with E-state index in [4.69, 9.17) is 0 Å². The van der Waals surface area contributed by atoms with E-state index in [1.165, 1.54) is 44.2 Å². The second kappa shape index (κ2) is 7.35. The van der Waals surface area contributed by atoms with Gasteiger partial charge in [0.25, 0.3) is 0 Å². The van der Waals surface area contributed by atoms with E-state index in [1.807, 2.05) is 7.05 Å². The minimum absolute atomic E-state index is 0.256. The number of hydrogen-bond acceptors (Lipinski definition) is 1. The van der Waals surface area contributed by atoms with Gasteiger partial charge in [0.1, 0.15) is 11.6 Å². The minimum Gasteiger partial charge on any atom is -0.320 e. The van der Waals surface area contributed by atoms with Gasteiger partial charge in [0.05, 0.1) is 0 Å². The minimum atomic E-state index is -0.292. The number of halogens is 2. The zero-order valence-electron chi connectivity index (χ0n) is 13.3. The molecule has 0 spiro atoms. The molecule has 1 aromatic carbocycles. The molecule has 1 saturated carbocycles. The summed E-state index contributed by atoms with van der Waals surface area (Å²) in [5, 5.41) is 3.23. The normalized spacial score (nSPS) is 17.9. The molecule has 0 aliphatic heterocycles. The van der Waals surface area contributed by atoms with Crippen molar-refractivity contribution >= 4 is 0 Å². The van der Waals surface area contributed by atoms with Crippen molar-refractivity contribution in [2.75, 3.05) is 13.6 Å². The standard InChI is InChI=1S/C18H27F2N/c1-14-12-17(20)15(13-16(14)19)6-9-18(10-11-21-2)7-4-3-5-8-18/h12-13,21H,3-11H2,1-2H3. The van der Waals surface area contributed by atoms with Crippen LogP contribution >= 0.6 is 0 Å². The van der Waals surface area contributed by atoms with Gasteiger partial charge in [-0.3, -0.25) is 0 Å². The van der Waals surface area contributed by atoms with Gasteiger partial charge < -0.3 is 5.32 Å². The molecule has 1 fully saturated rings. The maximum Gasteiger partial charge on any atom is 0.126 e. The van der Waals surface area contributed by atoms with Gasteiger partial charge in [-0.05, 0) is 81.3 Å². The topological polar surface area (TPSA) is 12.0 Å². The van der Waals surface area contributed by atoms with Crippen LogP contribution in [0.3, 0.4) is 0 Å². The van der Waals surface area contributed by atoms with Crippen molar-refractivity contribution in [3.8, 4) is 0 Å². The van der Waals surface area contributed by atoms with Crippen molar-refractivity contribution in [3.05, 3.63) is 34.9 Å². The zero-order chi connectivity index (χ0) is 15.3. The fourth-order valence-electron chi connectivity index (χ4n) is 3.60. The first-order chi connectivity index (χ1) is 10.1. The maximum absolute atomic E-state index is 14.0. The van der Waals surface area contributed by atoms with E-state index in [9.17, 15) is 8.78 Å². The zero-order valence-corrected chi connectivity index (χ0v) is 13.3. The predicted octanol–water partition coefficient (Wildman–Crippen LogP) is 4.77. The highest BCUT2D eigenvalue weighted by atomic mass is 19.1. The summed E-state index contributed by atoms with van der Waals surface area (Å²) >= 11 is 0. The van der Waals surface area contributed by atoms with E-state index < -0.39 is 0 Å². The van der Waals surface area contributed by atoms with Gasteiger partial charge in [0.15, 0.2) is 0 Å².